The van der Waals surface area contributed by atoms with Gasteiger partial charge < -0.3 is 19.3 Å². The fourth-order valence-corrected chi connectivity index (χ4v) is 4.87. The molecule has 2 aromatic carbocycles. The van der Waals surface area contributed by atoms with E-state index < -0.39 is 0 Å². The molecule has 168 valence electrons. The number of methoxy groups -OCH3 is 1. The van der Waals surface area contributed by atoms with E-state index in [2.05, 4.69) is 29.2 Å². The van der Waals surface area contributed by atoms with Crippen molar-refractivity contribution < 1.29 is 19.3 Å². The van der Waals surface area contributed by atoms with Crippen molar-refractivity contribution in [2.45, 2.75) is 63.4 Å². The highest BCUT2D eigenvalue weighted by molar-refractivity contribution is 5.41. The van der Waals surface area contributed by atoms with Crippen molar-refractivity contribution in [1.29, 1.82) is 0 Å². The van der Waals surface area contributed by atoms with Crippen LogP contribution in [0.5, 0.6) is 11.5 Å². The van der Waals surface area contributed by atoms with Crippen molar-refractivity contribution >= 4 is 0 Å². The van der Waals surface area contributed by atoms with Crippen molar-refractivity contribution in [1.82, 2.24) is 4.90 Å². The van der Waals surface area contributed by atoms with Crippen molar-refractivity contribution in [2.75, 3.05) is 26.8 Å². The van der Waals surface area contributed by atoms with Gasteiger partial charge in [0.2, 0.25) is 0 Å². The first kappa shape index (κ1) is 22.1. The Morgan fingerprint density at radius 1 is 0.968 bits per heavy atom. The number of phenols is 1. The molecule has 1 unspecified atom stereocenters. The Labute approximate surface area is 185 Å². The van der Waals surface area contributed by atoms with Gasteiger partial charge in [0, 0.05) is 19.1 Å². The molecule has 1 saturated carbocycles. The smallest absolute Gasteiger partial charge is 0.160 e. The summed E-state index contributed by atoms with van der Waals surface area (Å²) < 4.78 is 17.8. The lowest BCUT2D eigenvalue weighted by atomic mass is 9.91. The van der Waals surface area contributed by atoms with E-state index in [1.54, 1.807) is 13.2 Å². The number of nitrogens with zero attached hydrogens (tertiary/aromatic N) is 1. The maximum Gasteiger partial charge on any atom is 0.160 e. The van der Waals surface area contributed by atoms with Gasteiger partial charge in [-0.15, -0.1) is 0 Å². The molecule has 1 heterocycles. The molecule has 3 atom stereocenters. The molecule has 2 aromatic rings. The first-order chi connectivity index (χ1) is 15.2. The number of ether oxygens (including phenoxy) is 3. The number of hydrogen-bond acceptors (Lipinski definition) is 5. The van der Waals surface area contributed by atoms with Gasteiger partial charge in [0.15, 0.2) is 11.5 Å². The molecule has 31 heavy (non-hydrogen) atoms. The SMILES string of the molecule is COc1cc(CCO[C@H]2CCCCC2N2CC[C@@H](OCc3ccccc3)C2)ccc1O. The van der Waals surface area contributed by atoms with Crippen LogP contribution in [0.3, 0.4) is 0 Å². The molecule has 5 heteroatoms. The van der Waals surface area contributed by atoms with Crippen LogP contribution in [0.25, 0.3) is 0 Å². The molecule has 4 rings (SSSR count). The Kier molecular flexibility index (Phi) is 7.84. The number of aromatic hydroxyl groups is 1. The van der Waals surface area contributed by atoms with Gasteiger partial charge in [-0.05, 0) is 48.9 Å². The minimum atomic E-state index is 0.178. The summed E-state index contributed by atoms with van der Waals surface area (Å²) in [6.45, 7) is 3.49. The average Bonchev–Trinajstić information content (AvgIpc) is 3.29. The number of rotatable bonds is 9. The summed E-state index contributed by atoms with van der Waals surface area (Å²) in [5, 5.41) is 9.77. The summed E-state index contributed by atoms with van der Waals surface area (Å²) in [6, 6.07) is 16.5. The van der Waals surface area contributed by atoms with Gasteiger partial charge >= 0.3 is 0 Å². The second-order valence-electron chi connectivity index (χ2n) is 8.72. The van der Waals surface area contributed by atoms with Crippen molar-refractivity contribution in [2.24, 2.45) is 0 Å². The van der Waals surface area contributed by atoms with E-state index in [1.807, 2.05) is 18.2 Å². The quantitative estimate of drug-likeness (QED) is 0.638. The highest BCUT2D eigenvalue weighted by Crippen LogP contribution is 2.30. The predicted octanol–water partition coefficient (Wildman–Crippen LogP) is 4.56. The summed E-state index contributed by atoms with van der Waals surface area (Å²) >= 11 is 0. The first-order valence-corrected chi connectivity index (χ1v) is 11.6. The van der Waals surface area contributed by atoms with Crippen LogP contribution < -0.4 is 4.74 Å². The Balaban J connectivity index is 1.25. The normalized spacial score (nSPS) is 24.4. The van der Waals surface area contributed by atoms with E-state index in [0.29, 0.717) is 37.2 Å². The van der Waals surface area contributed by atoms with Gasteiger partial charge in [-0.3, -0.25) is 4.90 Å². The molecule has 0 radical (unpaired) electrons. The molecule has 2 aliphatic rings. The molecule has 0 bridgehead atoms. The van der Waals surface area contributed by atoms with Crippen LogP contribution in [-0.2, 0) is 22.5 Å². The van der Waals surface area contributed by atoms with Crippen LogP contribution in [0.2, 0.25) is 0 Å². The fraction of sp³-hybridized carbons (Fsp3) is 0.538. The summed E-state index contributed by atoms with van der Waals surface area (Å²) in [5.41, 5.74) is 2.36. The predicted molar refractivity (Wildman–Crippen MR) is 122 cm³/mol. The van der Waals surface area contributed by atoms with Crippen molar-refractivity contribution in [3.63, 3.8) is 0 Å². The Hall–Kier alpha value is -2.08. The minimum absolute atomic E-state index is 0.178. The standard InChI is InChI=1S/C26H35NO4/c1-29-26-17-20(11-12-24(26)28)14-16-30-25-10-6-5-9-23(25)27-15-13-22(18-27)31-19-21-7-3-2-4-8-21/h2-4,7-8,11-12,17,22-23,25,28H,5-6,9-10,13-16,18-19H2,1H3/t22-,23?,25+/m1/s1. The van der Waals surface area contributed by atoms with Crippen molar-refractivity contribution in [3.05, 3.63) is 59.7 Å². The Morgan fingerprint density at radius 2 is 1.81 bits per heavy atom. The van der Waals surface area contributed by atoms with Crippen LogP contribution in [-0.4, -0.2) is 55.1 Å². The first-order valence-electron chi connectivity index (χ1n) is 11.6. The van der Waals surface area contributed by atoms with Crippen LogP contribution in [0, 0.1) is 0 Å². The lowest BCUT2D eigenvalue weighted by Gasteiger charge is -2.37. The maximum atomic E-state index is 9.77. The van der Waals surface area contributed by atoms with Gasteiger partial charge in [0.1, 0.15) is 0 Å². The molecule has 0 aromatic heterocycles. The molecule has 5 nitrogen and oxygen atoms in total. The van der Waals surface area contributed by atoms with E-state index in [0.717, 1.165) is 37.9 Å². The lowest BCUT2D eigenvalue weighted by molar-refractivity contribution is -0.0352. The molecule has 2 fully saturated rings. The van der Waals surface area contributed by atoms with Crippen molar-refractivity contribution in [3.8, 4) is 11.5 Å². The van der Waals surface area contributed by atoms with Gasteiger partial charge in [-0.2, -0.15) is 0 Å². The molecule has 1 aliphatic heterocycles. The van der Waals surface area contributed by atoms with E-state index >= 15 is 0 Å². The summed E-state index contributed by atoms with van der Waals surface area (Å²) in [7, 11) is 1.58. The summed E-state index contributed by atoms with van der Waals surface area (Å²) in [6.07, 6.45) is 7.40. The van der Waals surface area contributed by atoms with E-state index in [4.69, 9.17) is 14.2 Å². The average molecular weight is 426 g/mol. The van der Waals surface area contributed by atoms with E-state index in [1.165, 1.54) is 24.8 Å². The largest absolute Gasteiger partial charge is 0.504 e. The zero-order valence-corrected chi connectivity index (χ0v) is 18.5. The molecule has 1 saturated heterocycles. The molecule has 1 aliphatic carbocycles. The highest BCUT2D eigenvalue weighted by atomic mass is 16.5. The third-order valence-electron chi connectivity index (χ3n) is 6.61. The lowest BCUT2D eigenvalue weighted by Crippen LogP contribution is -2.46. The van der Waals surface area contributed by atoms with Gasteiger partial charge in [-0.25, -0.2) is 0 Å². The monoisotopic (exact) mass is 425 g/mol. The Bertz CT molecular complexity index is 812. The second-order valence-corrected chi connectivity index (χ2v) is 8.72. The topological polar surface area (TPSA) is 51.2 Å². The summed E-state index contributed by atoms with van der Waals surface area (Å²) in [4.78, 5) is 2.60. The fourth-order valence-electron chi connectivity index (χ4n) is 4.87. The Morgan fingerprint density at radius 3 is 2.65 bits per heavy atom. The molecular weight excluding hydrogens is 390 g/mol. The van der Waals surface area contributed by atoms with Gasteiger partial charge in [-0.1, -0.05) is 49.2 Å². The van der Waals surface area contributed by atoms with Gasteiger partial charge in [0.25, 0.3) is 0 Å². The van der Waals surface area contributed by atoms with E-state index in [-0.39, 0.29) is 5.75 Å². The molecule has 1 N–H and O–H groups in total. The van der Waals surface area contributed by atoms with Crippen LogP contribution in [0.1, 0.15) is 43.2 Å². The van der Waals surface area contributed by atoms with Gasteiger partial charge in [0.05, 0.1) is 32.5 Å². The molecule has 0 amide bonds. The summed E-state index contributed by atoms with van der Waals surface area (Å²) in [5.74, 6) is 0.698. The maximum absolute atomic E-state index is 9.77. The number of benzene rings is 2. The third kappa shape index (κ3) is 6.00. The zero-order chi connectivity index (χ0) is 21.5. The number of hydrogen-bond donors (Lipinski definition) is 1. The molecular formula is C26H35NO4. The minimum Gasteiger partial charge on any atom is -0.504 e. The molecule has 0 spiro atoms. The second kappa shape index (κ2) is 11.0. The van der Waals surface area contributed by atoms with E-state index in [9.17, 15) is 5.11 Å². The third-order valence-corrected chi connectivity index (χ3v) is 6.61. The number of likely N-dealkylation sites (tertiary alicyclic amines) is 1. The van der Waals surface area contributed by atoms with Crippen LogP contribution >= 0.6 is 0 Å². The zero-order valence-electron chi connectivity index (χ0n) is 18.5. The number of phenolic OH excluding ortho intramolecular Hbond substituents is 1. The highest BCUT2D eigenvalue weighted by Gasteiger charge is 2.35. The van der Waals surface area contributed by atoms with Crippen LogP contribution in [0.15, 0.2) is 48.5 Å². The van der Waals surface area contributed by atoms with Crippen LogP contribution in [0.4, 0.5) is 0 Å².